The number of nitrogens with zero attached hydrogens (tertiary/aromatic N) is 3. The van der Waals surface area contributed by atoms with Crippen LogP contribution in [0, 0.1) is 0 Å². The molecule has 0 spiro atoms. The van der Waals surface area contributed by atoms with Gasteiger partial charge in [0.2, 0.25) is 0 Å². The van der Waals surface area contributed by atoms with Crippen molar-refractivity contribution in [1.82, 2.24) is 9.80 Å². The Morgan fingerprint density at radius 3 is 2.38 bits per heavy atom. The first-order valence-electron chi connectivity index (χ1n) is 10.5. The van der Waals surface area contributed by atoms with Crippen molar-refractivity contribution in [3.63, 3.8) is 0 Å². The fourth-order valence-electron chi connectivity index (χ4n) is 3.89. The van der Waals surface area contributed by atoms with Crippen molar-refractivity contribution in [3.05, 3.63) is 78.4 Å². The number of rotatable bonds is 3. The molecule has 0 saturated carbocycles. The molecule has 0 radical (unpaired) electrons. The molecule has 32 heavy (non-hydrogen) atoms. The van der Waals surface area contributed by atoms with E-state index in [1.165, 1.54) is 12.1 Å². The van der Waals surface area contributed by atoms with Gasteiger partial charge in [-0.1, -0.05) is 30.3 Å². The summed E-state index contributed by atoms with van der Waals surface area (Å²) in [7, 11) is -1.82. The molecular weight excluding hydrogens is 424 g/mol. The minimum atomic E-state index is -3.93. The Balaban J connectivity index is 1.56. The molecule has 7 nitrogen and oxygen atoms in total. The fourth-order valence-corrected chi connectivity index (χ4v) is 4.83. The van der Waals surface area contributed by atoms with Crippen LogP contribution < -0.4 is 9.50 Å². The molecule has 0 bridgehead atoms. The molecule has 3 aromatic carbocycles. The van der Waals surface area contributed by atoms with Gasteiger partial charge in [0.1, 0.15) is 16.5 Å². The van der Waals surface area contributed by atoms with E-state index in [0.29, 0.717) is 0 Å². The van der Waals surface area contributed by atoms with Crippen molar-refractivity contribution in [2.75, 3.05) is 38.5 Å². The second kappa shape index (κ2) is 8.29. The van der Waals surface area contributed by atoms with Gasteiger partial charge in [0.15, 0.2) is 0 Å². The van der Waals surface area contributed by atoms with Gasteiger partial charge < -0.3 is 19.3 Å². The highest BCUT2D eigenvalue weighted by atomic mass is 32.2. The van der Waals surface area contributed by atoms with Gasteiger partial charge in [0, 0.05) is 37.4 Å². The number of piperazine rings is 1. The highest BCUT2D eigenvalue weighted by Crippen LogP contribution is 2.36. The first-order valence-corrected chi connectivity index (χ1v) is 11.9. The Kier molecular flexibility index (Phi) is 5.32. The number of hydrogen-bond donors (Lipinski definition) is 1. The normalized spacial score (nSPS) is 16.3. The molecular formula is C24H24N4O3S. The lowest BCUT2D eigenvalue weighted by Gasteiger charge is -2.34. The first kappa shape index (κ1) is 20.5. The molecule has 0 atom stereocenters. The van der Waals surface area contributed by atoms with Gasteiger partial charge in [-0.2, -0.15) is 8.42 Å². The van der Waals surface area contributed by atoms with Crippen LogP contribution in [0.2, 0.25) is 0 Å². The van der Waals surface area contributed by atoms with E-state index in [9.17, 15) is 8.42 Å². The van der Waals surface area contributed by atoms with Crippen molar-refractivity contribution in [1.29, 1.82) is 0 Å². The smallest absolute Gasteiger partial charge is 0.339 e. The van der Waals surface area contributed by atoms with Crippen LogP contribution in [0.5, 0.6) is 5.75 Å². The summed E-state index contributed by atoms with van der Waals surface area (Å²) in [5.41, 5.74) is 3.42. The molecule has 0 aliphatic carbocycles. The number of amidine groups is 1. The van der Waals surface area contributed by atoms with Crippen LogP contribution in [0.15, 0.2) is 82.7 Å². The zero-order valence-corrected chi connectivity index (χ0v) is 18.5. The molecule has 1 fully saturated rings. The van der Waals surface area contributed by atoms with Crippen LogP contribution >= 0.6 is 0 Å². The summed E-state index contributed by atoms with van der Waals surface area (Å²) in [5, 5.41) is 3.45. The lowest BCUT2D eigenvalue weighted by molar-refractivity contribution is 0.216. The summed E-state index contributed by atoms with van der Waals surface area (Å²) in [5.74, 6) is 1.07. The number of nitrogens with one attached hydrogen (secondary N) is 1. The predicted octanol–water partition coefficient (Wildman–Crippen LogP) is 3.84. The lowest BCUT2D eigenvalue weighted by Crippen LogP contribution is -2.47. The van der Waals surface area contributed by atoms with Gasteiger partial charge in [0.05, 0.1) is 11.4 Å². The Hall–Kier alpha value is -3.36. The van der Waals surface area contributed by atoms with E-state index in [2.05, 4.69) is 22.2 Å². The average molecular weight is 449 g/mol. The lowest BCUT2D eigenvalue weighted by atomic mass is 10.1. The second-order valence-electron chi connectivity index (χ2n) is 7.93. The summed E-state index contributed by atoms with van der Waals surface area (Å²) < 4.78 is 31.0. The minimum absolute atomic E-state index is 0.119. The number of benzene rings is 3. The topological polar surface area (TPSA) is 74.2 Å². The number of anilines is 2. The van der Waals surface area contributed by atoms with E-state index in [1.54, 1.807) is 30.3 Å². The van der Waals surface area contributed by atoms with Gasteiger partial charge in [-0.25, -0.2) is 4.99 Å². The largest absolute Gasteiger partial charge is 0.379 e. The molecule has 8 heteroatoms. The minimum Gasteiger partial charge on any atom is -0.379 e. The maximum atomic E-state index is 12.8. The molecule has 2 aliphatic heterocycles. The van der Waals surface area contributed by atoms with Gasteiger partial charge in [-0.3, -0.25) is 0 Å². The number of likely N-dealkylation sites (N-methyl/N-ethyl adjacent to an activating group) is 1. The number of fused-ring (bicyclic) bond motifs is 2. The van der Waals surface area contributed by atoms with Crippen molar-refractivity contribution in [3.8, 4) is 5.75 Å². The van der Waals surface area contributed by atoms with Crippen LogP contribution in [0.4, 0.5) is 17.1 Å². The van der Waals surface area contributed by atoms with Crippen molar-refractivity contribution in [2.45, 2.75) is 4.90 Å². The number of para-hydroxylation sites is 2. The van der Waals surface area contributed by atoms with Crippen LogP contribution in [0.3, 0.4) is 0 Å². The summed E-state index contributed by atoms with van der Waals surface area (Å²) in [6.45, 7) is 3.54. The SMILES string of the molecule is CN1CCN(C2=Nc3ccccc3Nc3ccc(OS(=O)(=O)c4ccccc4)cc32)CC1. The van der Waals surface area contributed by atoms with E-state index in [4.69, 9.17) is 9.18 Å². The van der Waals surface area contributed by atoms with Crippen LogP contribution in [-0.4, -0.2) is 57.3 Å². The molecule has 2 heterocycles. The van der Waals surface area contributed by atoms with Crippen molar-refractivity contribution in [2.24, 2.45) is 4.99 Å². The summed E-state index contributed by atoms with van der Waals surface area (Å²) >= 11 is 0. The van der Waals surface area contributed by atoms with E-state index in [0.717, 1.165) is 54.6 Å². The van der Waals surface area contributed by atoms with Crippen molar-refractivity contribution < 1.29 is 12.6 Å². The maximum absolute atomic E-state index is 12.8. The molecule has 164 valence electrons. The van der Waals surface area contributed by atoms with Crippen LogP contribution in [0.25, 0.3) is 0 Å². The third-order valence-electron chi connectivity index (χ3n) is 5.67. The molecule has 2 aliphatic rings. The molecule has 0 aromatic heterocycles. The van der Waals surface area contributed by atoms with E-state index < -0.39 is 10.1 Å². The summed E-state index contributed by atoms with van der Waals surface area (Å²) in [6, 6.07) is 21.3. The fraction of sp³-hybridized carbons (Fsp3) is 0.208. The highest BCUT2D eigenvalue weighted by molar-refractivity contribution is 7.87. The molecule has 0 unspecified atom stereocenters. The molecule has 3 aromatic rings. The molecule has 1 N–H and O–H groups in total. The third-order valence-corrected chi connectivity index (χ3v) is 6.93. The zero-order valence-electron chi connectivity index (χ0n) is 17.7. The number of hydrogen-bond acceptors (Lipinski definition) is 7. The first-order chi connectivity index (χ1) is 15.5. The Bertz CT molecular complexity index is 1270. The monoisotopic (exact) mass is 448 g/mol. The summed E-state index contributed by atoms with van der Waals surface area (Å²) in [6.07, 6.45) is 0. The molecule has 0 amide bonds. The Morgan fingerprint density at radius 1 is 0.875 bits per heavy atom. The second-order valence-corrected chi connectivity index (χ2v) is 9.47. The van der Waals surface area contributed by atoms with Crippen LogP contribution in [-0.2, 0) is 10.1 Å². The van der Waals surface area contributed by atoms with E-state index in [-0.39, 0.29) is 10.6 Å². The quantitative estimate of drug-likeness (QED) is 0.614. The predicted molar refractivity (Wildman–Crippen MR) is 126 cm³/mol. The van der Waals surface area contributed by atoms with Crippen LogP contribution in [0.1, 0.15) is 5.56 Å². The average Bonchev–Trinajstić information content (AvgIpc) is 2.97. The van der Waals surface area contributed by atoms with E-state index in [1.807, 2.05) is 30.3 Å². The highest BCUT2D eigenvalue weighted by Gasteiger charge is 2.25. The molecule has 1 saturated heterocycles. The third kappa shape index (κ3) is 4.06. The molecule has 5 rings (SSSR count). The Labute approximate surface area is 188 Å². The van der Waals surface area contributed by atoms with E-state index >= 15 is 0 Å². The van der Waals surface area contributed by atoms with Gasteiger partial charge in [0.25, 0.3) is 0 Å². The zero-order chi connectivity index (χ0) is 22.1. The van der Waals surface area contributed by atoms with Gasteiger partial charge in [-0.05, 0) is 49.5 Å². The number of aliphatic imine (C=N–C) groups is 1. The Morgan fingerprint density at radius 2 is 1.59 bits per heavy atom. The maximum Gasteiger partial charge on any atom is 0.339 e. The summed E-state index contributed by atoms with van der Waals surface area (Å²) in [4.78, 5) is 9.63. The van der Waals surface area contributed by atoms with Crippen molar-refractivity contribution >= 4 is 33.0 Å². The van der Waals surface area contributed by atoms with Gasteiger partial charge in [-0.15, -0.1) is 0 Å². The standard InChI is InChI=1S/C24H24N4O3S/c1-27-13-15-28(16-14-27)24-20-17-18(31-32(29,30)19-7-3-2-4-8-19)11-12-21(20)25-22-9-5-6-10-23(22)26-24/h2-12,17,25H,13-16H2,1H3. The van der Waals surface area contributed by atoms with Gasteiger partial charge >= 0.3 is 10.1 Å².